The molecule has 1 atom stereocenters. The van der Waals surface area contributed by atoms with E-state index in [4.69, 9.17) is 4.74 Å². The van der Waals surface area contributed by atoms with E-state index in [1.165, 1.54) is 57.4 Å². The zero-order valence-corrected chi connectivity index (χ0v) is 12.8. The monoisotopic (exact) mass is 286 g/mol. The Labute approximate surface area is 127 Å². The number of nitrogens with one attached hydrogen (secondary N) is 1. The van der Waals surface area contributed by atoms with Crippen LogP contribution in [-0.2, 0) is 6.54 Å². The first-order chi connectivity index (χ1) is 10.3. The number of nitrogens with zero attached hydrogens (tertiary/aromatic N) is 1. The molecule has 3 fully saturated rings. The van der Waals surface area contributed by atoms with Crippen LogP contribution in [0.15, 0.2) is 24.3 Å². The van der Waals surface area contributed by atoms with E-state index in [1.807, 2.05) is 0 Å². The molecule has 0 bridgehead atoms. The Hall–Kier alpha value is -1.06. The fraction of sp³-hybridized carbons (Fsp3) is 0.667. The van der Waals surface area contributed by atoms with Gasteiger partial charge in [-0.1, -0.05) is 12.1 Å². The molecule has 1 N–H and O–H groups in total. The predicted octanol–water partition coefficient (Wildman–Crippen LogP) is 2.66. The molecule has 1 saturated carbocycles. The highest BCUT2D eigenvalue weighted by Crippen LogP contribution is 2.36. The fourth-order valence-corrected chi connectivity index (χ4v) is 3.75. The van der Waals surface area contributed by atoms with Crippen LogP contribution in [0.1, 0.15) is 31.2 Å². The Bertz CT molecular complexity index is 474. The number of rotatable bonds is 5. The SMILES string of the molecule is c1cc(OCC2CC2)ccc1CN1CCC2(CCNC2)C1. The molecule has 2 aliphatic heterocycles. The van der Waals surface area contributed by atoms with Gasteiger partial charge in [0, 0.05) is 19.6 Å². The molecule has 2 saturated heterocycles. The van der Waals surface area contributed by atoms with Crippen LogP contribution in [0.5, 0.6) is 5.75 Å². The summed E-state index contributed by atoms with van der Waals surface area (Å²) in [4.78, 5) is 2.62. The van der Waals surface area contributed by atoms with E-state index in [-0.39, 0.29) is 0 Å². The van der Waals surface area contributed by atoms with Crippen molar-refractivity contribution in [1.29, 1.82) is 0 Å². The van der Waals surface area contributed by atoms with Crippen LogP contribution < -0.4 is 10.1 Å². The molecule has 1 spiro atoms. The van der Waals surface area contributed by atoms with E-state index >= 15 is 0 Å². The maximum Gasteiger partial charge on any atom is 0.119 e. The Morgan fingerprint density at radius 1 is 1.19 bits per heavy atom. The standard InChI is InChI=1S/C18H26N2O/c1-2-16(1)12-21-17-5-3-15(4-6-17)11-20-10-8-18(14-20)7-9-19-13-18/h3-6,16,19H,1-2,7-14H2. The first-order valence-corrected chi connectivity index (χ1v) is 8.46. The van der Waals surface area contributed by atoms with Crippen LogP contribution in [0.4, 0.5) is 0 Å². The van der Waals surface area contributed by atoms with Crippen molar-refractivity contribution in [1.82, 2.24) is 10.2 Å². The molecule has 0 radical (unpaired) electrons. The first kappa shape index (κ1) is 13.6. The molecular formula is C18H26N2O. The molecule has 3 aliphatic rings. The van der Waals surface area contributed by atoms with Crippen molar-refractivity contribution in [2.24, 2.45) is 11.3 Å². The van der Waals surface area contributed by atoms with E-state index in [1.54, 1.807) is 0 Å². The Balaban J connectivity index is 1.30. The predicted molar refractivity (Wildman–Crippen MR) is 84.5 cm³/mol. The van der Waals surface area contributed by atoms with Crippen molar-refractivity contribution in [3.63, 3.8) is 0 Å². The van der Waals surface area contributed by atoms with Gasteiger partial charge in [0.1, 0.15) is 5.75 Å². The van der Waals surface area contributed by atoms with Crippen LogP contribution in [0.3, 0.4) is 0 Å². The summed E-state index contributed by atoms with van der Waals surface area (Å²) in [5.41, 5.74) is 1.99. The Morgan fingerprint density at radius 2 is 2.05 bits per heavy atom. The van der Waals surface area contributed by atoms with Gasteiger partial charge in [0.05, 0.1) is 6.61 Å². The van der Waals surface area contributed by atoms with E-state index in [2.05, 4.69) is 34.5 Å². The van der Waals surface area contributed by atoms with Crippen molar-refractivity contribution in [3.05, 3.63) is 29.8 Å². The van der Waals surface area contributed by atoms with Gasteiger partial charge in [0.2, 0.25) is 0 Å². The van der Waals surface area contributed by atoms with E-state index in [9.17, 15) is 0 Å². The van der Waals surface area contributed by atoms with E-state index in [0.717, 1.165) is 24.8 Å². The first-order valence-electron chi connectivity index (χ1n) is 8.46. The number of benzene rings is 1. The molecular weight excluding hydrogens is 260 g/mol. The largest absolute Gasteiger partial charge is 0.493 e. The van der Waals surface area contributed by atoms with Crippen molar-refractivity contribution in [2.45, 2.75) is 32.2 Å². The number of hydrogen-bond acceptors (Lipinski definition) is 3. The molecule has 0 aromatic heterocycles. The van der Waals surface area contributed by atoms with Gasteiger partial charge in [-0.05, 0) is 67.8 Å². The zero-order chi connectivity index (χ0) is 14.1. The van der Waals surface area contributed by atoms with E-state index < -0.39 is 0 Å². The second kappa shape index (κ2) is 5.62. The summed E-state index contributed by atoms with van der Waals surface area (Å²) in [7, 11) is 0. The van der Waals surface area contributed by atoms with Gasteiger partial charge in [0.15, 0.2) is 0 Å². The average Bonchev–Trinajstić information content (AvgIpc) is 3.10. The highest BCUT2D eigenvalue weighted by atomic mass is 16.5. The topological polar surface area (TPSA) is 24.5 Å². The lowest BCUT2D eigenvalue weighted by molar-refractivity contribution is 0.268. The van der Waals surface area contributed by atoms with Gasteiger partial charge >= 0.3 is 0 Å². The second-order valence-corrected chi connectivity index (χ2v) is 7.29. The van der Waals surface area contributed by atoms with Crippen molar-refractivity contribution in [3.8, 4) is 5.75 Å². The second-order valence-electron chi connectivity index (χ2n) is 7.29. The Morgan fingerprint density at radius 3 is 2.76 bits per heavy atom. The maximum absolute atomic E-state index is 5.81. The van der Waals surface area contributed by atoms with Gasteiger partial charge < -0.3 is 10.1 Å². The molecule has 4 rings (SSSR count). The van der Waals surface area contributed by atoms with Crippen LogP contribution in [0.25, 0.3) is 0 Å². The summed E-state index contributed by atoms with van der Waals surface area (Å²) in [5, 5.41) is 3.53. The summed E-state index contributed by atoms with van der Waals surface area (Å²) in [6.07, 6.45) is 5.42. The van der Waals surface area contributed by atoms with Gasteiger partial charge in [-0.2, -0.15) is 0 Å². The normalized spacial score (nSPS) is 29.3. The van der Waals surface area contributed by atoms with Crippen molar-refractivity contribution >= 4 is 0 Å². The minimum atomic E-state index is 0.577. The average molecular weight is 286 g/mol. The summed E-state index contributed by atoms with van der Waals surface area (Å²) >= 11 is 0. The molecule has 3 nitrogen and oxygen atoms in total. The summed E-state index contributed by atoms with van der Waals surface area (Å²) < 4.78 is 5.81. The summed E-state index contributed by atoms with van der Waals surface area (Å²) in [6.45, 7) is 6.94. The molecule has 3 heteroatoms. The number of ether oxygens (including phenoxy) is 1. The lowest BCUT2D eigenvalue weighted by Crippen LogP contribution is -2.28. The smallest absolute Gasteiger partial charge is 0.119 e. The molecule has 21 heavy (non-hydrogen) atoms. The van der Waals surface area contributed by atoms with Gasteiger partial charge in [-0.3, -0.25) is 4.90 Å². The van der Waals surface area contributed by atoms with Crippen LogP contribution in [-0.4, -0.2) is 37.7 Å². The lowest BCUT2D eigenvalue weighted by Gasteiger charge is -2.22. The zero-order valence-electron chi connectivity index (χ0n) is 12.8. The fourth-order valence-electron chi connectivity index (χ4n) is 3.75. The third kappa shape index (κ3) is 3.24. The summed E-state index contributed by atoms with van der Waals surface area (Å²) in [5.74, 6) is 1.86. The summed E-state index contributed by atoms with van der Waals surface area (Å²) in [6, 6.07) is 8.75. The lowest BCUT2D eigenvalue weighted by atomic mass is 9.86. The van der Waals surface area contributed by atoms with Crippen LogP contribution in [0, 0.1) is 11.3 Å². The molecule has 1 aromatic carbocycles. The minimum Gasteiger partial charge on any atom is -0.493 e. The molecule has 1 aromatic rings. The van der Waals surface area contributed by atoms with Crippen LogP contribution in [0.2, 0.25) is 0 Å². The van der Waals surface area contributed by atoms with Gasteiger partial charge in [-0.15, -0.1) is 0 Å². The third-order valence-electron chi connectivity index (χ3n) is 5.36. The highest BCUT2D eigenvalue weighted by molar-refractivity contribution is 5.27. The Kier molecular flexibility index (Phi) is 3.64. The maximum atomic E-state index is 5.81. The molecule has 0 amide bonds. The molecule has 114 valence electrons. The number of hydrogen-bond donors (Lipinski definition) is 1. The van der Waals surface area contributed by atoms with Gasteiger partial charge in [0.25, 0.3) is 0 Å². The highest BCUT2D eigenvalue weighted by Gasteiger charge is 2.39. The van der Waals surface area contributed by atoms with Gasteiger partial charge in [-0.25, -0.2) is 0 Å². The quantitative estimate of drug-likeness (QED) is 0.900. The number of likely N-dealkylation sites (tertiary alicyclic amines) is 1. The molecule has 1 aliphatic carbocycles. The van der Waals surface area contributed by atoms with Crippen molar-refractivity contribution in [2.75, 3.05) is 32.8 Å². The van der Waals surface area contributed by atoms with Crippen molar-refractivity contribution < 1.29 is 4.74 Å². The third-order valence-corrected chi connectivity index (χ3v) is 5.36. The molecule has 2 heterocycles. The molecule has 1 unspecified atom stereocenters. The van der Waals surface area contributed by atoms with E-state index in [0.29, 0.717) is 5.41 Å². The van der Waals surface area contributed by atoms with Crippen LogP contribution >= 0.6 is 0 Å². The minimum absolute atomic E-state index is 0.577.